The Hall–Kier alpha value is -2.13. The van der Waals surface area contributed by atoms with Gasteiger partial charge in [-0.3, -0.25) is 0 Å². The molecule has 0 unspecified atom stereocenters. The molecule has 0 saturated carbocycles. The molecule has 0 atom stereocenters. The molecule has 0 aliphatic heterocycles. The molecule has 110 valence electrons. The molecule has 3 heteroatoms. The number of rotatable bonds is 3. The van der Waals surface area contributed by atoms with E-state index in [-0.39, 0.29) is 0 Å². The first kappa shape index (κ1) is 13.5. The van der Waals surface area contributed by atoms with Crippen molar-refractivity contribution in [2.45, 2.75) is 26.8 Å². The van der Waals surface area contributed by atoms with Gasteiger partial charge in [-0.05, 0) is 36.6 Å². The number of hydrogen-bond acceptors (Lipinski definition) is 2. The fourth-order valence-electron chi connectivity index (χ4n) is 3.04. The van der Waals surface area contributed by atoms with E-state index in [2.05, 4.69) is 66.9 Å². The second kappa shape index (κ2) is 5.25. The molecule has 2 nitrogen and oxygen atoms in total. The molecule has 22 heavy (non-hydrogen) atoms. The molecule has 0 aliphatic carbocycles. The zero-order chi connectivity index (χ0) is 15.1. The van der Waals surface area contributed by atoms with Gasteiger partial charge in [0, 0.05) is 11.9 Å². The average Bonchev–Trinajstić information content (AvgIpc) is 3.05. The van der Waals surface area contributed by atoms with Crippen LogP contribution in [0.5, 0.6) is 0 Å². The van der Waals surface area contributed by atoms with Crippen LogP contribution < -0.4 is 0 Å². The highest BCUT2D eigenvalue weighted by Crippen LogP contribution is 2.33. The number of aromatic nitrogens is 2. The molecular formula is C19H18N2S. The quantitative estimate of drug-likeness (QED) is 0.510. The first-order valence-corrected chi connectivity index (χ1v) is 8.50. The third-order valence-electron chi connectivity index (χ3n) is 4.16. The van der Waals surface area contributed by atoms with Crippen LogP contribution in [0.1, 0.15) is 23.1 Å². The lowest BCUT2D eigenvalue weighted by molar-refractivity contribution is 0.874. The van der Waals surface area contributed by atoms with E-state index in [1.54, 1.807) is 11.3 Å². The molecule has 0 spiro atoms. The Labute approximate surface area is 134 Å². The van der Waals surface area contributed by atoms with E-state index < -0.39 is 0 Å². The Kier molecular flexibility index (Phi) is 3.23. The average molecular weight is 306 g/mol. The van der Waals surface area contributed by atoms with Gasteiger partial charge >= 0.3 is 0 Å². The second-order valence-corrected chi connectivity index (χ2v) is 6.85. The molecule has 0 fully saturated rings. The Morgan fingerprint density at radius 3 is 2.64 bits per heavy atom. The van der Waals surface area contributed by atoms with Crippen LogP contribution in [0.2, 0.25) is 0 Å². The number of aryl methyl sites for hydroxylation is 2. The molecule has 2 heterocycles. The summed E-state index contributed by atoms with van der Waals surface area (Å²) in [6.07, 6.45) is 1.06. The van der Waals surface area contributed by atoms with Gasteiger partial charge in [-0.1, -0.05) is 43.3 Å². The molecule has 4 rings (SSSR count). The lowest BCUT2D eigenvalue weighted by Crippen LogP contribution is -1.98. The molecule has 2 aromatic heterocycles. The summed E-state index contributed by atoms with van der Waals surface area (Å²) in [7, 11) is 0. The van der Waals surface area contributed by atoms with Gasteiger partial charge in [0.25, 0.3) is 0 Å². The molecule has 0 amide bonds. The molecule has 4 aromatic rings. The van der Waals surface area contributed by atoms with Crippen LogP contribution in [0.4, 0.5) is 0 Å². The van der Waals surface area contributed by atoms with Crippen molar-refractivity contribution >= 4 is 32.6 Å². The van der Waals surface area contributed by atoms with Crippen molar-refractivity contribution in [1.82, 2.24) is 9.55 Å². The van der Waals surface area contributed by atoms with Crippen LogP contribution in [0.15, 0.2) is 48.5 Å². The minimum atomic E-state index is 0.897. The second-order valence-electron chi connectivity index (χ2n) is 5.66. The fraction of sp³-hybridized carbons (Fsp3) is 0.211. The van der Waals surface area contributed by atoms with E-state index in [4.69, 9.17) is 4.98 Å². The van der Waals surface area contributed by atoms with Crippen molar-refractivity contribution in [2.24, 2.45) is 0 Å². The summed E-state index contributed by atoms with van der Waals surface area (Å²) in [6.45, 7) is 5.19. The highest BCUT2D eigenvalue weighted by Gasteiger charge is 2.15. The van der Waals surface area contributed by atoms with Gasteiger partial charge in [0.1, 0.15) is 10.3 Å². The Bertz CT molecular complexity index is 948. The number of nitrogens with zero attached hydrogens (tertiary/aromatic N) is 2. The summed E-state index contributed by atoms with van der Waals surface area (Å²) in [5.74, 6) is 0. The van der Waals surface area contributed by atoms with Crippen molar-refractivity contribution in [3.05, 3.63) is 64.7 Å². The Balaban J connectivity index is 1.98. The molecule has 0 radical (unpaired) electrons. The molecule has 0 saturated heterocycles. The maximum atomic E-state index is 4.78. The van der Waals surface area contributed by atoms with E-state index in [0.29, 0.717) is 0 Å². The van der Waals surface area contributed by atoms with Gasteiger partial charge in [0.2, 0.25) is 0 Å². The number of hydrogen-bond donors (Lipinski definition) is 0. The monoisotopic (exact) mass is 306 g/mol. The summed E-state index contributed by atoms with van der Waals surface area (Å²) in [5.41, 5.74) is 5.14. The van der Waals surface area contributed by atoms with Crippen molar-refractivity contribution < 1.29 is 0 Å². The van der Waals surface area contributed by atoms with Gasteiger partial charge in [-0.25, -0.2) is 4.98 Å². The lowest BCUT2D eigenvalue weighted by atomic mass is 10.1. The summed E-state index contributed by atoms with van der Waals surface area (Å²) >= 11 is 1.79. The first-order chi connectivity index (χ1) is 10.8. The Morgan fingerprint density at radius 2 is 1.86 bits per heavy atom. The lowest BCUT2D eigenvalue weighted by Gasteiger charge is -2.07. The van der Waals surface area contributed by atoms with Crippen LogP contribution >= 0.6 is 11.3 Å². The van der Waals surface area contributed by atoms with Crippen LogP contribution in [-0.4, -0.2) is 9.55 Å². The standard InChI is InChI=1S/C19H18N2S/c1-3-14-9-10-17-16(11-14)18-19(22-13(2)20-18)21(17)12-15-7-5-4-6-8-15/h4-11H,3,12H2,1-2H3. The maximum absolute atomic E-state index is 4.78. The van der Waals surface area contributed by atoms with Gasteiger partial charge < -0.3 is 4.57 Å². The highest BCUT2D eigenvalue weighted by atomic mass is 32.1. The predicted molar refractivity (Wildman–Crippen MR) is 94.8 cm³/mol. The molecule has 0 bridgehead atoms. The van der Waals surface area contributed by atoms with Crippen LogP contribution in [-0.2, 0) is 13.0 Å². The number of benzene rings is 2. The third kappa shape index (κ3) is 2.13. The first-order valence-electron chi connectivity index (χ1n) is 7.68. The van der Waals surface area contributed by atoms with Gasteiger partial charge in [-0.15, -0.1) is 11.3 Å². The summed E-state index contributed by atoms with van der Waals surface area (Å²) in [6, 6.07) is 17.4. The maximum Gasteiger partial charge on any atom is 0.124 e. The Morgan fingerprint density at radius 1 is 1.05 bits per heavy atom. The summed E-state index contributed by atoms with van der Waals surface area (Å²) < 4.78 is 2.41. The highest BCUT2D eigenvalue weighted by molar-refractivity contribution is 7.18. The van der Waals surface area contributed by atoms with Crippen LogP contribution in [0.25, 0.3) is 21.3 Å². The van der Waals surface area contributed by atoms with E-state index in [0.717, 1.165) is 23.5 Å². The molecule has 2 aromatic carbocycles. The van der Waals surface area contributed by atoms with E-state index in [1.165, 1.54) is 26.9 Å². The van der Waals surface area contributed by atoms with Crippen molar-refractivity contribution in [3.63, 3.8) is 0 Å². The van der Waals surface area contributed by atoms with E-state index in [1.807, 2.05) is 0 Å². The molecule has 0 N–H and O–H groups in total. The largest absolute Gasteiger partial charge is 0.326 e. The van der Waals surface area contributed by atoms with Crippen LogP contribution in [0, 0.1) is 6.92 Å². The van der Waals surface area contributed by atoms with Gasteiger partial charge in [0.05, 0.1) is 10.5 Å². The van der Waals surface area contributed by atoms with Gasteiger partial charge in [-0.2, -0.15) is 0 Å². The normalized spacial score (nSPS) is 11.5. The number of thiazole rings is 1. The topological polar surface area (TPSA) is 17.8 Å². The van der Waals surface area contributed by atoms with Crippen molar-refractivity contribution in [1.29, 1.82) is 0 Å². The zero-order valence-electron chi connectivity index (χ0n) is 12.8. The van der Waals surface area contributed by atoms with E-state index in [9.17, 15) is 0 Å². The third-order valence-corrected chi connectivity index (χ3v) is 5.15. The number of fused-ring (bicyclic) bond motifs is 3. The SMILES string of the molecule is CCc1ccc2c(c1)c1nc(C)sc1n2Cc1ccccc1. The molecular weight excluding hydrogens is 288 g/mol. The minimum Gasteiger partial charge on any atom is -0.326 e. The minimum absolute atomic E-state index is 0.897. The summed E-state index contributed by atoms with van der Waals surface area (Å²) in [4.78, 5) is 6.06. The summed E-state index contributed by atoms with van der Waals surface area (Å²) in [5, 5.41) is 2.42. The van der Waals surface area contributed by atoms with Crippen LogP contribution in [0.3, 0.4) is 0 Å². The van der Waals surface area contributed by atoms with Gasteiger partial charge in [0.15, 0.2) is 0 Å². The zero-order valence-corrected chi connectivity index (χ0v) is 13.7. The van der Waals surface area contributed by atoms with E-state index >= 15 is 0 Å². The predicted octanol–water partition coefficient (Wildman–Crippen LogP) is 5.17. The molecule has 0 aliphatic rings. The van der Waals surface area contributed by atoms with Crippen molar-refractivity contribution in [3.8, 4) is 0 Å². The fourth-order valence-corrected chi connectivity index (χ4v) is 3.98. The smallest absolute Gasteiger partial charge is 0.124 e. The van der Waals surface area contributed by atoms with Crippen molar-refractivity contribution in [2.75, 3.05) is 0 Å².